The number of amides is 1. The van der Waals surface area contributed by atoms with Crippen molar-refractivity contribution in [1.82, 2.24) is 0 Å². The van der Waals surface area contributed by atoms with Crippen molar-refractivity contribution >= 4 is 27.3 Å². The molecule has 33 heavy (non-hydrogen) atoms. The first-order valence-corrected chi connectivity index (χ1v) is 11.5. The maximum absolute atomic E-state index is 12.9. The molecule has 0 aliphatic carbocycles. The van der Waals surface area contributed by atoms with Crippen molar-refractivity contribution in [2.75, 3.05) is 30.5 Å². The highest BCUT2D eigenvalue weighted by Crippen LogP contribution is 2.35. The predicted octanol–water partition coefficient (Wildman–Crippen LogP) is 3.88. The number of hydrogen-bond donors (Lipinski definition) is 2. The minimum Gasteiger partial charge on any atom is -0.493 e. The van der Waals surface area contributed by atoms with Crippen molar-refractivity contribution in [3.8, 4) is 23.0 Å². The summed E-state index contributed by atoms with van der Waals surface area (Å²) in [4.78, 5) is 12.7. The molecule has 0 bridgehead atoms. The van der Waals surface area contributed by atoms with Crippen LogP contribution in [0, 0.1) is 0 Å². The van der Waals surface area contributed by atoms with Crippen LogP contribution in [0.2, 0.25) is 0 Å². The molecule has 0 radical (unpaired) electrons. The molecule has 1 amide bonds. The normalized spacial score (nSPS) is 12.2. The highest BCUT2D eigenvalue weighted by molar-refractivity contribution is 7.92. The van der Waals surface area contributed by atoms with Gasteiger partial charge in [-0.25, -0.2) is 8.42 Å². The summed E-state index contributed by atoms with van der Waals surface area (Å²) in [5.74, 6) is 1.55. The van der Waals surface area contributed by atoms with E-state index in [2.05, 4.69) is 10.0 Å². The van der Waals surface area contributed by atoms with E-state index in [4.69, 9.17) is 18.9 Å². The van der Waals surface area contributed by atoms with Gasteiger partial charge in [0.2, 0.25) is 6.79 Å². The third-order valence-corrected chi connectivity index (χ3v) is 6.13. The number of carbonyl (C=O) groups is 1. The minimum absolute atomic E-state index is 0.0582. The molecule has 10 heteroatoms. The molecule has 1 heterocycles. The lowest BCUT2D eigenvalue weighted by Gasteiger charge is -2.12. The Morgan fingerprint density at radius 1 is 0.970 bits per heavy atom. The lowest BCUT2D eigenvalue weighted by Crippen LogP contribution is -2.16. The molecule has 1 aliphatic heterocycles. The topological polar surface area (TPSA) is 112 Å². The fourth-order valence-electron chi connectivity index (χ4n) is 3.20. The zero-order valence-electron chi connectivity index (χ0n) is 18.0. The molecule has 3 aromatic rings. The van der Waals surface area contributed by atoms with Gasteiger partial charge in [-0.2, -0.15) is 0 Å². The average Bonchev–Trinajstić information content (AvgIpc) is 3.28. The Morgan fingerprint density at radius 2 is 1.76 bits per heavy atom. The van der Waals surface area contributed by atoms with Crippen LogP contribution in [-0.2, 0) is 10.0 Å². The zero-order valence-corrected chi connectivity index (χ0v) is 18.8. The Kier molecular flexibility index (Phi) is 6.27. The molecule has 0 fully saturated rings. The Bertz CT molecular complexity index is 1290. The lowest BCUT2D eigenvalue weighted by molar-refractivity contribution is 0.102. The number of methoxy groups -OCH3 is 1. The van der Waals surface area contributed by atoms with Crippen LogP contribution < -0.4 is 29.0 Å². The summed E-state index contributed by atoms with van der Waals surface area (Å²) < 4.78 is 49.5. The molecule has 2 N–H and O–H groups in total. The van der Waals surface area contributed by atoms with Crippen molar-refractivity contribution < 1.29 is 32.2 Å². The number of ether oxygens (including phenoxy) is 4. The fourth-order valence-corrected chi connectivity index (χ4v) is 4.30. The van der Waals surface area contributed by atoms with Crippen LogP contribution in [0.5, 0.6) is 23.0 Å². The summed E-state index contributed by atoms with van der Waals surface area (Å²) in [6.45, 7) is 2.42. The van der Waals surface area contributed by atoms with Gasteiger partial charge in [-0.05, 0) is 49.4 Å². The third-order valence-electron chi connectivity index (χ3n) is 4.75. The number of benzene rings is 3. The molecule has 0 saturated heterocycles. The standard InChI is InChI=1S/C23H22N2O7S/c1-3-30-19-9-7-16(12-21(19)29-2)24-23(26)15-5-4-6-18(11-15)33(27,28)25-17-8-10-20-22(13-17)32-14-31-20/h4-13,25H,3,14H2,1-2H3,(H,24,26). The van der Waals surface area contributed by atoms with Crippen molar-refractivity contribution in [2.24, 2.45) is 0 Å². The van der Waals surface area contributed by atoms with Crippen molar-refractivity contribution in [3.63, 3.8) is 0 Å². The van der Waals surface area contributed by atoms with Gasteiger partial charge < -0.3 is 24.3 Å². The summed E-state index contributed by atoms with van der Waals surface area (Å²) in [5.41, 5.74) is 0.971. The molecule has 172 valence electrons. The smallest absolute Gasteiger partial charge is 0.261 e. The second kappa shape index (κ2) is 9.29. The first kappa shape index (κ1) is 22.3. The number of nitrogens with one attached hydrogen (secondary N) is 2. The molecule has 3 aromatic carbocycles. The highest BCUT2D eigenvalue weighted by atomic mass is 32.2. The quantitative estimate of drug-likeness (QED) is 0.514. The van der Waals surface area contributed by atoms with Gasteiger partial charge in [0.15, 0.2) is 23.0 Å². The highest BCUT2D eigenvalue weighted by Gasteiger charge is 2.19. The molecular formula is C23H22N2O7S. The van der Waals surface area contributed by atoms with E-state index in [0.29, 0.717) is 41.0 Å². The summed E-state index contributed by atoms with van der Waals surface area (Å²) in [5, 5.41) is 2.74. The van der Waals surface area contributed by atoms with Gasteiger partial charge in [0.25, 0.3) is 15.9 Å². The Labute approximate surface area is 191 Å². The average molecular weight is 471 g/mol. The Balaban J connectivity index is 1.51. The number of carbonyl (C=O) groups excluding carboxylic acids is 1. The maximum Gasteiger partial charge on any atom is 0.261 e. The van der Waals surface area contributed by atoms with Crippen LogP contribution >= 0.6 is 0 Å². The Morgan fingerprint density at radius 3 is 2.55 bits per heavy atom. The van der Waals surface area contributed by atoms with Crippen LogP contribution in [-0.4, -0.2) is 34.8 Å². The van der Waals surface area contributed by atoms with Crippen LogP contribution in [0.1, 0.15) is 17.3 Å². The van der Waals surface area contributed by atoms with Gasteiger partial charge in [-0.3, -0.25) is 9.52 Å². The second-order valence-corrected chi connectivity index (χ2v) is 8.64. The fraction of sp³-hybridized carbons (Fsp3) is 0.174. The van der Waals surface area contributed by atoms with E-state index in [1.165, 1.54) is 37.4 Å². The first-order chi connectivity index (χ1) is 15.9. The van der Waals surface area contributed by atoms with E-state index in [0.717, 1.165) is 0 Å². The van der Waals surface area contributed by atoms with E-state index in [-0.39, 0.29) is 17.3 Å². The van der Waals surface area contributed by atoms with Gasteiger partial charge in [-0.15, -0.1) is 0 Å². The molecule has 4 rings (SSSR count). The van der Waals surface area contributed by atoms with E-state index in [9.17, 15) is 13.2 Å². The van der Waals surface area contributed by atoms with Crippen molar-refractivity contribution in [1.29, 1.82) is 0 Å². The molecule has 0 unspecified atom stereocenters. The van der Waals surface area contributed by atoms with Gasteiger partial charge >= 0.3 is 0 Å². The van der Waals surface area contributed by atoms with Gasteiger partial charge in [0.05, 0.1) is 24.3 Å². The molecule has 9 nitrogen and oxygen atoms in total. The van der Waals surface area contributed by atoms with E-state index in [1.54, 1.807) is 30.3 Å². The molecule has 1 aliphatic rings. The third kappa shape index (κ3) is 4.96. The second-order valence-electron chi connectivity index (χ2n) is 6.95. The van der Waals surface area contributed by atoms with Crippen LogP contribution in [0.3, 0.4) is 0 Å². The van der Waals surface area contributed by atoms with E-state index >= 15 is 0 Å². The van der Waals surface area contributed by atoms with Crippen LogP contribution in [0.15, 0.2) is 65.6 Å². The minimum atomic E-state index is -3.95. The summed E-state index contributed by atoms with van der Waals surface area (Å²) in [6.07, 6.45) is 0. The van der Waals surface area contributed by atoms with E-state index in [1.807, 2.05) is 6.92 Å². The molecule has 0 saturated carbocycles. The number of rotatable bonds is 8. The maximum atomic E-state index is 12.9. The number of fused-ring (bicyclic) bond motifs is 1. The van der Waals surface area contributed by atoms with Gasteiger partial charge in [0, 0.05) is 23.4 Å². The molecular weight excluding hydrogens is 448 g/mol. The summed E-state index contributed by atoms with van der Waals surface area (Å²) >= 11 is 0. The number of hydrogen-bond acceptors (Lipinski definition) is 7. The van der Waals surface area contributed by atoms with Crippen molar-refractivity contribution in [3.05, 3.63) is 66.2 Å². The molecule has 0 spiro atoms. The molecule has 0 aromatic heterocycles. The van der Waals surface area contributed by atoms with Gasteiger partial charge in [-0.1, -0.05) is 6.07 Å². The van der Waals surface area contributed by atoms with E-state index < -0.39 is 15.9 Å². The molecule has 0 atom stereocenters. The largest absolute Gasteiger partial charge is 0.493 e. The SMILES string of the molecule is CCOc1ccc(NC(=O)c2cccc(S(=O)(=O)Nc3ccc4c(c3)OCO4)c2)cc1OC. The predicted molar refractivity (Wildman–Crippen MR) is 122 cm³/mol. The zero-order chi connectivity index (χ0) is 23.4. The number of sulfonamides is 1. The van der Waals surface area contributed by atoms with Crippen molar-refractivity contribution in [2.45, 2.75) is 11.8 Å². The number of anilines is 2. The summed E-state index contributed by atoms with van der Waals surface area (Å²) in [6, 6.07) is 15.5. The first-order valence-electron chi connectivity index (χ1n) is 10.0. The summed E-state index contributed by atoms with van der Waals surface area (Å²) in [7, 11) is -2.44. The van der Waals surface area contributed by atoms with Crippen LogP contribution in [0.25, 0.3) is 0 Å². The van der Waals surface area contributed by atoms with Gasteiger partial charge in [0.1, 0.15) is 0 Å². The lowest BCUT2D eigenvalue weighted by atomic mass is 10.2. The van der Waals surface area contributed by atoms with Crippen LogP contribution in [0.4, 0.5) is 11.4 Å². The Hall–Kier alpha value is -3.92. The monoisotopic (exact) mass is 470 g/mol.